The molecular formula is C12H12ClN3OS. The third-order valence-electron chi connectivity index (χ3n) is 2.54. The van der Waals surface area contributed by atoms with Gasteiger partial charge in [-0.3, -0.25) is 4.79 Å². The van der Waals surface area contributed by atoms with E-state index >= 15 is 0 Å². The number of nitrogens with one attached hydrogen (secondary N) is 1. The molecule has 94 valence electrons. The van der Waals surface area contributed by atoms with Crippen LogP contribution in [-0.4, -0.2) is 16.3 Å². The molecule has 6 heteroatoms. The summed E-state index contributed by atoms with van der Waals surface area (Å²) in [6.45, 7) is 4.40. The summed E-state index contributed by atoms with van der Waals surface area (Å²) in [4.78, 5) is 19.1. The Balaban J connectivity index is 2.23. The number of rotatable bonds is 4. The number of anilines is 1. The molecule has 0 unspecified atom stereocenters. The van der Waals surface area contributed by atoms with Crippen LogP contribution in [0.3, 0.4) is 0 Å². The van der Waals surface area contributed by atoms with Gasteiger partial charge < -0.3 is 5.32 Å². The Morgan fingerprint density at radius 3 is 2.78 bits per heavy atom. The Labute approximate surface area is 114 Å². The lowest BCUT2D eigenvalue weighted by Gasteiger charge is -2.09. The fourth-order valence-corrected chi connectivity index (χ4v) is 2.65. The molecule has 2 aromatic heterocycles. The molecule has 2 heterocycles. The maximum Gasteiger partial charge on any atom is 0.156 e. The number of hydrogen-bond donors (Lipinski definition) is 1. The lowest BCUT2D eigenvalue weighted by Crippen LogP contribution is -2.07. The molecule has 0 saturated carbocycles. The highest BCUT2D eigenvalue weighted by atomic mass is 35.5. The van der Waals surface area contributed by atoms with E-state index in [1.807, 2.05) is 6.92 Å². The first-order valence-electron chi connectivity index (χ1n) is 5.36. The fourth-order valence-electron chi connectivity index (χ4n) is 1.53. The predicted octanol–water partition coefficient (Wildman–Crippen LogP) is 3.23. The molecule has 0 spiro atoms. The largest absolute Gasteiger partial charge is 0.365 e. The van der Waals surface area contributed by atoms with E-state index in [0.29, 0.717) is 30.0 Å². The van der Waals surface area contributed by atoms with E-state index in [0.717, 1.165) is 0 Å². The van der Waals surface area contributed by atoms with E-state index in [1.165, 1.54) is 11.1 Å². The zero-order chi connectivity index (χ0) is 13.1. The number of carbonyl (C=O) groups is 1. The molecule has 0 aromatic carbocycles. The highest BCUT2D eigenvalue weighted by Crippen LogP contribution is 2.21. The number of halogens is 1. The number of thiophene rings is 1. The second-order valence-electron chi connectivity index (χ2n) is 3.88. The first-order chi connectivity index (χ1) is 8.61. The van der Waals surface area contributed by atoms with Crippen molar-refractivity contribution in [2.45, 2.75) is 20.4 Å². The van der Waals surface area contributed by atoms with Crippen LogP contribution >= 0.6 is 22.9 Å². The Kier molecular flexibility index (Phi) is 3.93. The van der Waals surface area contributed by atoms with Gasteiger partial charge in [0.2, 0.25) is 0 Å². The van der Waals surface area contributed by atoms with Crippen LogP contribution in [0.5, 0.6) is 0 Å². The summed E-state index contributed by atoms with van der Waals surface area (Å²) in [5.41, 5.74) is 2.71. The number of nitrogens with zero attached hydrogens (tertiary/aromatic N) is 2. The monoisotopic (exact) mass is 281 g/mol. The van der Waals surface area contributed by atoms with Gasteiger partial charge in [0.15, 0.2) is 6.29 Å². The average Bonchev–Trinajstić information content (AvgIpc) is 2.71. The number of aryl methyl sites for hydroxylation is 2. The summed E-state index contributed by atoms with van der Waals surface area (Å²) in [7, 11) is 0. The second-order valence-corrected chi connectivity index (χ2v) is 4.98. The van der Waals surface area contributed by atoms with Crippen molar-refractivity contribution < 1.29 is 4.79 Å². The molecule has 0 bridgehead atoms. The predicted molar refractivity (Wildman–Crippen MR) is 73.5 cm³/mol. The van der Waals surface area contributed by atoms with Crippen molar-refractivity contribution in [1.82, 2.24) is 9.97 Å². The SMILES string of the molecule is Cc1nc(Cl)c(C=O)c(NCc2cscc2C)n1. The van der Waals surface area contributed by atoms with Crippen molar-refractivity contribution in [2.24, 2.45) is 0 Å². The summed E-state index contributed by atoms with van der Waals surface area (Å²) in [5.74, 6) is 1.02. The third-order valence-corrected chi connectivity index (χ3v) is 3.74. The summed E-state index contributed by atoms with van der Waals surface area (Å²) in [6, 6.07) is 0. The first-order valence-corrected chi connectivity index (χ1v) is 6.68. The molecule has 4 nitrogen and oxygen atoms in total. The van der Waals surface area contributed by atoms with Gasteiger partial charge in [0.05, 0.1) is 5.56 Å². The molecule has 0 aliphatic carbocycles. The quantitative estimate of drug-likeness (QED) is 0.690. The highest BCUT2D eigenvalue weighted by molar-refractivity contribution is 7.08. The summed E-state index contributed by atoms with van der Waals surface area (Å²) < 4.78 is 0. The Bertz CT molecular complexity index is 583. The van der Waals surface area contributed by atoms with Gasteiger partial charge in [0.1, 0.15) is 16.8 Å². The summed E-state index contributed by atoms with van der Waals surface area (Å²) in [6.07, 6.45) is 0.671. The van der Waals surface area contributed by atoms with Crippen molar-refractivity contribution in [2.75, 3.05) is 5.32 Å². The van der Waals surface area contributed by atoms with Crippen molar-refractivity contribution in [3.05, 3.63) is 38.4 Å². The Hall–Kier alpha value is -1.46. The van der Waals surface area contributed by atoms with Gasteiger partial charge >= 0.3 is 0 Å². The van der Waals surface area contributed by atoms with Gasteiger partial charge in [-0.1, -0.05) is 11.6 Å². The number of carbonyl (C=O) groups excluding carboxylic acids is 1. The molecule has 2 aromatic rings. The Morgan fingerprint density at radius 2 is 2.17 bits per heavy atom. The summed E-state index contributed by atoms with van der Waals surface area (Å²) in [5, 5.41) is 7.46. The number of hydrogen-bond acceptors (Lipinski definition) is 5. The maximum atomic E-state index is 11.0. The van der Waals surface area contributed by atoms with Crippen LogP contribution in [0.1, 0.15) is 27.3 Å². The van der Waals surface area contributed by atoms with Crippen LogP contribution in [0.25, 0.3) is 0 Å². The molecular weight excluding hydrogens is 270 g/mol. The minimum atomic E-state index is 0.182. The van der Waals surface area contributed by atoms with Gasteiger partial charge in [-0.05, 0) is 35.7 Å². The molecule has 0 atom stereocenters. The molecule has 0 aliphatic rings. The zero-order valence-corrected chi connectivity index (χ0v) is 11.6. The van der Waals surface area contributed by atoms with E-state index in [9.17, 15) is 4.79 Å². The molecule has 1 N–H and O–H groups in total. The van der Waals surface area contributed by atoms with Gasteiger partial charge in [-0.25, -0.2) is 9.97 Å². The summed E-state index contributed by atoms with van der Waals surface area (Å²) >= 11 is 7.56. The molecule has 2 rings (SSSR count). The van der Waals surface area contributed by atoms with Gasteiger partial charge in [0.25, 0.3) is 0 Å². The van der Waals surface area contributed by atoms with Crippen LogP contribution in [0.15, 0.2) is 10.8 Å². The lowest BCUT2D eigenvalue weighted by molar-refractivity contribution is 0.112. The van der Waals surface area contributed by atoms with E-state index in [4.69, 9.17) is 11.6 Å². The normalized spacial score (nSPS) is 10.4. The van der Waals surface area contributed by atoms with Gasteiger partial charge in [-0.15, -0.1) is 0 Å². The number of aldehydes is 1. The molecule has 0 saturated heterocycles. The molecule has 0 radical (unpaired) electrons. The first kappa shape index (κ1) is 13.0. The second kappa shape index (κ2) is 5.46. The topological polar surface area (TPSA) is 54.9 Å². The van der Waals surface area contributed by atoms with E-state index in [1.54, 1.807) is 18.3 Å². The van der Waals surface area contributed by atoms with E-state index in [2.05, 4.69) is 26.0 Å². The zero-order valence-electron chi connectivity index (χ0n) is 10.0. The standard InChI is InChI=1S/C12H12ClN3OS/c1-7-5-18-6-9(7)3-14-12-10(4-17)11(13)15-8(2)16-12/h4-6H,3H2,1-2H3,(H,14,15,16). The van der Waals surface area contributed by atoms with Gasteiger partial charge in [-0.2, -0.15) is 11.3 Å². The van der Waals surface area contributed by atoms with Crippen LogP contribution < -0.4 is 5.32 Å². The van der Waals surface area contributed by atoms with E-state index < -0.39 is 0 Å². The smallest absolute Gasteiger partial charge is 0.156 e. The van der Waals surface area contributed by atoms with E-state index in [-0.39, 0.29) is 5.15 Å². The Morgan fingerprint density at radius 1 is 1.39 bits per heavy atom. The molecule has 0 amide bonds. The molecule has 0 aliphatic heterocycles. The molecule has 18 heavy (non-hydrogen) atoms. The minimum absolute atomic E-state index is 0.182. The van der Waals surface area contributed by atoms with Crippen molar-refractivity contribution >= 4 is 35.0 Å². The van der Waals surface area contributed by atoms with Crippen molar-refractivity contribution in [1.29, 1.82) is 0 Å². The maximum absolute atomic E-state index is 11.0. The van der Waals surface area contributed by atoms with Crippen LogP contribution in [0.2, 0.25) is 5.15 Å². The van der Waals surface area contributed by atoms with Gasteiger partial charge in [0, 0.05) is 6.54 Å². The highest BCUT2D eigenvalue weighted by Gasteiger charge is 2.11. The van der Waals surface area contributed by atoms with Crippen molar-refractivity contribution in [3.8, 4) is 0 Å². The van der Waals surface area contributed by atoms with Crippen molar-refractivity contribution in [3.63, 3.8) is 0 Å². The average molecular weight is 282 g/mol. The number of aromatic nitrogens is 2. The van der Waals surface area contributed by atoms with Crippen LogP contribution in [0, 0.1) is 13.8 Å². The lowest BCUT2D eigenvalue weighted by atomic mass is 10.2. The fraction of sp³-hybridized carbons (Fsp3) is 0.250. The third kappa shape index (κ3) is 2.68. The molecule has 0 fully saturated rings. The van der Waals surface area contributed by atoms with Crippen LogP contribution in [-0.2, 0) is 6.54 Å². The minimum Gasteiger partial charge on any atom is -0.365 e. The van der Waals surface area contributed by atoms with Crippen LogP contribution in [0.4, 0.5) is 5.82 Å².